The lowest BCUT2D eigenvalue weighted by atomic mass is 9.84. The Morgan fingerprint density at radius 3 is 1.89 bits per heavy atom. The van der Waals surface area contributed by atoms with Crippen LogP contribution in [0.3, 0.4) is 0 Å². The van der Waals surface area contributed by atoms with E-state index in [2.05, 4.69) is 0 Å². The molecule has 2 N–H and O–H groups in total. The van der Waals surface area contributed by atoms with Gasteiger partial charge in [-0.1, -0.05) is 24.3 Å². The van der Waals surface area contributed by atoms with Gasteiger partial charge in [0, 0.05) is 11.1 Å². The van der Waals surface area contributed by atoms with Gasteiger partial charge in [0.1, 0.15) is 17.5 Å². The highest BCUT2D eigenvalue weighted by Gasteiger charge is 2.32. The van der Waals surface area contributed by atoms with Crippen LogP contribution in [0.25, 0.3) is 0 Å². The van der Waals surface area contributed by atoms with Gasteiger partial charge in [0.05, 0.1) is 5.54 Å². The van der Waals surface area contributed by atoms with Crippen LogP contribution in [0, 0.1) is 17.5 Å². The van der Waals surface area contributed by atoms with Crippen LogP contribution in [0.2, 0.25) is 0 Å². The maximum atomic E-state index is 13.7. The van der Waals surface area contributed by atoms with E-state index in [9.17, 15) is 13.2 Å². The second-order valence-electron chi connectivity index (χ2n) is 4.28. The highest BCUT2D eigenvalue weighted by atomic mass is 19.1. The number of halogens is 3. The summed E-state index contributed by atoms with van der Waals surface area (Å²) in [5.74, 6) is -2.17. The molecule has 2 aromatic carbocycles. The van der Waals surface area contributed by atoms with Crippen LogP contribution in [0.15, 0.2) is 42.5 Å². The van der Waals surface area contributed by atoms with Crippen molar-refractivity contribution in [2.45, 2.75) is 12.5 Å². The molecule has 1 unspecified atom stereocenters. The quantitative estimate of drug-likeness (QED) is 0.870. The first-order chi connectivity index (χ1) is 8.44. The molecule has 0 saturated heterocycles. The lowest BCUT2D eigenvalue weighted by Gasteiger charge is -2.27. The molecule has 94 valence electrons. The zero-order chi connectivity index (χ0) is 13.3. The van der Waals surface area contributed by atoms with Gasteiger partial charge in [-0.3, -0.25) is 0 Å². The average molecular weight is 251 g/mol. The molecule has 0 aliphatic carbocycles. The highest BCUT2D eigenvalue weighted by molar-refractivity contribution is 5.39. The third kappa shape index (κ3) is 1.99. The predicted molar refractivity (Wildman–Crippen MR) is 63.4 cm³/mol. The fraction of sp³-hybridized carbons (Fsp3) is 0.143. The van der Waals surface area contributed by atoms with Crippen molar-refractivity contribution in [2.75, 3.05) is 0 Å². The average Bonchev–Trinajstić information content (AvgIpc) is 2.28. The van der Waals surface area contributed by atoms with Gasteiger partial charge in [0.2, 0.25) is 0 Å². The molecule has 1 atom stereocenters. The van der Waals surface area contributed by atoms with Gasteiger partial charge in [-0.15, -0.1) is 0 Å². The van der Waals surface area contributed by atoms with Crippen LogP contribution in [0.1, 0.15) is 18.1 Å². The topological polar surface area (TPSA) is 26.0 Å². The zero-order valence-corrected chi connectivity index (χ0v) is 9.75. The summed E-state index contributed by atoms with van der Waals surface area (Å²) in [7, 11) is 0. The van der Waals surface area contributed by atoms with Crippen LogP contribution in [-0.2, 0) is 5.54 Å². The molecular weight excluding hydrogens is 239 g/mol. The summed E-state index contributed by atoms with van der Waals surface area (Å²) < 4.78 is 41.2. The van der Waals surface area contributed by atoms with Gasteiger partial charge >= 0.3 is 0 Å². The van der Waals surface area contributed by atoms with Crippen molar-refractivity contribution in [1.29, 1.82) is 0 Å². The summed E-state index contributed by atoms with van der Waals surface area (Å²) in [5, 5.41) is 0. The smallest absolute Gasteiger partial charge is 0.131 e. The molecule has 0 bridgehead atoms. The summed E-state index contributed by atoms with van der Waals surface area (Å²) in [6.45, 7) is 1.38. The number of hydrogen-bond acceptors (Lipinski definition) is 1. The minimum absolute atomic E-state index is 0.0500. The Labute approximate surface area is 103 Å². The first-order valence-corrected chi connectivity index (χ1v) is 5.43. The molecule has 18 heavy (non-hydrogen) atoms. The fourth-order valence-corrected chi connectivity index (χ4v) is 2.01. The highest BCUT2D eigenvalue weighted by Crippen LogP contribution is 2.31. The van der Waals surface area contributed by atoms with E-state index in [0.29, 0.717) is 0 Å². The third-order valence-corrected chi connectivity index (χ3v) is 2.92. The van der Waals surface area contributed by atoms with E-state index < -0.39 is 23.0 Å². The van der Waals surface area contributed by atoms with Crippen molar-refractivity contribution in [1.82, 2.24) is 0 Å². The second-order valence-corrected chi connectivity index (χ2v) is 4.28. The Bertz CT molecular complexity index is 559. The van der Waals surface area contributed by atoms with Crippen molar-refractivity contribution >= 4 is 0 Å². The van der Waals surface area contributed by atoms with Gasteiger partial charge in [0.25, 0.3) is 0 Å². The van der Waals surface area contributed by atoms with Crippen molar-refractivity contribution in [3.63, 3.8) is 0 Å². The predicted octanol–water partition coefficient (Wildman–Crippen LogP) is 3.33. The van der Waals surface area contributed by atoms with E-state index in [1.54, 1.807) is 6.07 Å². The van der Waals surface area contributed by atoms with E-state index in [1.807, 2.05) is 0 Å². The van der Waals surface area contributed by atoms with Gasteiger partial charge in [-0.2, -0.15) is 0 Å². The summed E-state index contributed by atoms with van der Waals surface area (Å²) >= 11 is 0. The number of benzene rings is 2. The molecule has 0 amide bonds. The Morgan fingerprint density at radius 1 is 0.833 bits per heavy atom. The first kappa shape index (κ1) is 12.6. The molecule has 0 heterocycles. The van der Waals surface area contributed by atoms with Crippen molar-refractivity contribution in [3.8, 4) is 0 Å². The molecule has 0 radical (unpaired) electrons. The van der Waals surface area contributed by atoms with Gasteiger partial charge in [0.15, 0.2) is 0 Å². The monoisotopic (exact) mass is 251 g/mol. The van der Waals surface area contributed by atoms with Crippen LogP contribution in [-0.4, -0.2) is 0 Å². The standard InChI is InChI=1S/C14H12F3N/c1-14(18,9-5-2-3-6-10(9)15)13-11(16)7-4-8-12(13)17/h2-8H,18H2,1H3. The summed E-state index contributed by atoms with van der Waals surface area (Å²) in [6.07, 6.45) is 0. The molecule has 0 aliphatic heterocycles. The van der Waals surface area contributed by atoms with E-state index in [0.717, 1.165) is 12.1 Å². The molecule has 0 spiro atoms. The summed E-state index contributed by atoms with van der Waals surface area (Å²) in [6, 6.07) is 9.13. The van der Waals surface area contributed by atoms with Gasteiger partial charge < -0.3 is 5.73 Å². The molecule has 0 aliphatic rings. The molecule has 0 saturated carbocycles. The maximum Gasteiger partial charge on any atom is 0.131 e. The van der Waals surface area contributed by atoms with Crippen molar-refractivity contribution < 1.29 is 13.2 Å². The van der Waals surface area contributed by atoms with Crippen molar-refractivity contribution in [3.05, 3.63) is 71.0 Å². The first-order valence-electron chi connectivity index (χ1n) is 5.43. The Balaban J connectivity index is 2.66. The van der Waals surface area contributed by atoms with E-state index in [-0.39, 0.29) is 11.1 Å². The number of hydrogen-bond donors (Lipinski definition) is 1. The molecule has 2 rings (SSSR count). The largest absolute Gasteiger partial charge is 0.318 e. The Kier molecular flexibility index (Phi) is 3.13. The minimum Gasteiger partial charge on any atom is -0.318 e. The molecule has 0 fully saturated rings. The molecule has 4 heteroatoms. The minimum atomic E-state index is -1.57. The maximum absolute atomic E-state index is 13.7. The molecule has 2 aromatic rings. The second kappa shape index (κ2) is 4.46. The lowest BCUT2D eigenvalue weighted by molar-refractivity contribution is 0.463. The van der Waals surface area contributed by atoms with Crippen LogP contribution in [0.5, 0.6) is 0 Å². The lowest BCUT2D eigenvalue weighted by Crippen LogP contribution is -2.37. The Hall–Kier alpha value is -1.81. The fourth-order valence-electron chi connectivity index (χ4n) is 2.01. The van der Waals surface area contributed by atoms with E-state index in [4.69, 9.17) is 5.73 Å². The Morgan fingerprint density at radius 2 is 1.33 bits per heavy atom. The molecule has 1 nitrogen and oxygen atoms in total. The third-order valence-electron chi connectivity index (χ3n) is 2.92. The summed E-state index contributed by atoms with van der Waals surface area (Å²) in [5.41, 5.74) is 4.09. The number of nitrogens with two attached hydrogens (primary N) is 1. The van der Waals surface area contributed by atoms with Crippen molar-refractivity contribution in [2.24, 2.45) is 5.73 Å². The van der Waals surface area contributed by atoms with E-state index in [1.165, 1.54) is 31.2 Å². The van der Waals surface area contributed by atoms with Crippen LogP contribution in [0.4, 0.5) is 13.2 Å². The normalized spacial score (nSPS) is 14.3. The number of rotatable bonds is 2. The van der Waals surface area contributed by atoms with Crippen LogP contribution >= 0.6 is 0 Å². The summed E-state index contributed by atoms with van der Waals surface area (Å²) in [4.78, 5) is 0. The van der Waals surface area contributed by atoms with Gasteiger partial charge in [-0.05, 0) is 25.1 Å². The van der Waals surface area contributed by atoms with Crippen LogP contribution < -0.4 is 5.73 Å². The van der Waals surface area contributed by atoms with E-state index >= 15 is 0 Å². The zero-order valence-electron chi connectivity index (χ0n) is 9.75. The SMILES string of the molecule is CC(N)(c1ccccc1F)c1c(F)cccc1F. The molecule has 0 aromatic heterocycles. The van der Waals surface area contributed by atoms with Gasteiger partial charge in [-0.25, -0.2) is 13.2 Å². The molecular formula is C14H12F3N.